The second-order valence-electron chi connectivity index (χ2n) is 5.88. The Morgan fingerprint density at radius 1 is 1.04 bits per heavy atom. The number of Topliss-reactive ketones (excluding diaryl/α,β-unsaturated/α-hetero) is 1. The van der Waals surface area contributed by atoms with Crippen molar-refractivity contribution in [3.63, 3.8) is 0 Å². The molecule has 5 nitrogen and oxygen atoms in total. The largest absolute Gasteiger partial charge is 0.497 e. The summed E-state index contributed by atoms with van der Waals surface area (Å²) in [7, 11) is -2.20. The van der Waals surface area contributed by atoms with Crippen LogP contribution < -0.4 is 9.04 Å². The average molecular weight is 345 g/mol. The number of anilines is 1. The lowest BCUT2D eigenvalue weighted by atomic mass is 10.0. The summed E-state index contributed by atoms with van der Waals surface area (Å²) in [5.41, 5.74) is 2.74. The lowest BCUT2D eigenvalue weighted by molar-refractivity contribution is 0.0981. The van der Waals surface area contributed by atoms with E-state index < -0.39 is 10.0 Å². The predicted octanol–water partition coefficient (Wildman–Crippen LogP) is 3.09. The number of aryl methyl sites for hydroxylation is 2. The van der Waals surface area contributed by atoms with E-state index in [9.17, 15) is 13.2 Å². The first kappa shape index (κ1) is 16.5. The van der Waals surface area contributed by atoms with Gasteiger partial charge >= 0.3 is 0 Å². The molecular formula is C18H19NO4S. The van der Waals surface area contributed by atoms with Crippen molar-refractivity contribution in [2.45, 2.75) is 25.2 Å². The van der Waals surface area contributed by atoms with Gasteiger partial charge in [0.05, 0.1) is 17.7 Å². The van der Waals surface area contributed by atoms with Gasteiger partial charge in [0.15, 0.2) is 5.78 Å². The summed E-state index contributed by atoms with van der Waals surface area (Å²) in [5, 5.41) is 0. The fraction of sp³-hybridized carbons (Fsp3) is 0.278. The number of ether oxygens (including phenoxy) is 1. The van der Waals surface area contributed by atoms with Crippen molar-refractivity contribution in [3.05, 3.63) is 53.1 Å². The Morgan fingerprint density at radius 3 is 2.46 bits per heavy atom. The smallest absolute Gasteiger partial charge is 0.264 e. The van der Waals surface area contributed by atoms with E-state index in [1.165, 1.54) is 11.4 Å². The minimum Gasteiger partial charge on any atom is -0.497 e. The Bertz CT molecular complexity index is 919. The van der Waals surface area contributed by atoms with Crippen LogP contribution in [0.15, 0.2) is 41.3 Å². The van der Waals surface area contributed by atoms with Crippen LogP contribution in [0.2, 0.25) is 0 Å². The molecule has 0 saturated carbocycles. The number of nitrogens with zero attached hydrogens (tertiary/aromatic N) is 1. The molecule has 0 atom stereocenters. The first-order valence-electron chi connectivity index (χ1n) is 7.66. The molecule has 0 bridgehead atoms. The Hall–Kier alpha value is -2.34. The molecule has 1 heterocycles. The maximum Gasteiger partial charge on any atom is 0.264 e. The zero-order chi connectivity index (χ0) is 17.5. The molecule has 126 valence electrons. The van der Waals surface area contributed by atoms with Crippen LogP contribution in [-0.4, -0.2) is 27.9 Å². The van der Waals surface area contributed by atoms with E-state index in [1.54, 1.807) is 36.4 Å². The van der Waals surface area contributed by atoms with Crippen molar-refractivity contribution in [1.29, 1.82) is 0 Å². The quantitative estimate of drug-likeness (QED) is 0.857. The van der Waals surface area contributed by atoms with Gasteiger partial charge in [-0.15, -0.1) is 0 Å². The number of rotatable bonds is 3. The monoisotopic (exact) mass is 345 g/mol. The summed E-state index contributed by atoms with van der Waals surface area (Å²) in [4.78, 5) is 12.4. The van der Waals surface area contributed by atoms with Crippen molar-refractivity contribution >= 4 is 21.5 Å². The van der Waals surface area contributed by atoms with Gasteiger partial charge in [-0.1, -0.05) is 6.07 Å². The highest BCUT2D eigenvalue weighted by Gasteiger charge is 2.32. The number of carbonyl (C=O) groups is 1. The highest BCUT2D eigenvalue weighted by atomic mass is 32.2. The maximum atomic E-state index is 13.1. The van der Waals surface area contributed by atoms with Crippen LogP contribution in [0, 0.1) is 13.8 Å². The first-order valence-corrected chi connectivity index (χ1v) is 9.10. The zero-order valence-electron chi connectivity index (χ0n) is 13.9. The molecule has 1 aliphatic rings. The van der Waals surface area contributed by atoms with E-state index >= 15 is 0 Å². The van der Waals surface area contributed by atoms with Crippen molar-refractivity contribution in [3.8, 4) is 5.75 Å². The molecule has 0 N–H and O–H groups in total. The standard InChI is InChI=1S/C18H19NO4S/c1-12-4-6-15(10-13(12)2)24(21,22)19-9-8-18(20)16-11-14(23-3)5-7-17(16)19/h4-7,10-11H,8-9H2,1-3H3. The Balaban J connectivity index is 2.11. The topological polar surface area (TPSA) is 63.7 Å². The van der Waals surface area contributed by atoms with Gasteiger partial charge in [0.1, 0.15) is 5.75 Å². The van der Waals surface area contributed by atoms with Crippen molar-refractivity contribution in [2.24, 2.45) is 0 Å². The highest BCUT2D eigenvalue weighted by Crippen LogP contribution is 2.34. The van der Waals surface area contributed by atoms with Gasteiger partial charge in [-0.05, 0) is 55.3 Å². The number of hydrogen-bond donors (Lipinski definition) is 0. The number of methoxy groups -OCH3 is 1. The van der Waals surface area contributed by atoms with Crippen molar-refractivity contribution in [2.75, 3.05) is 18.0 Å². The Kier molecular flexibility index (Phi) is 4.09. The molecule has 0 spiro atoms. The minimum absolute atomic E-state index is 0.0737. The number of hydrogen-bond acceptors (Lipinski definition) is 4. The van der Waals surface area contributed by atoms with Gasteiger partial charge in [-0.25, -0.2) is 8.42 Å². The summed E-state index contributed by atoms with van der Waals surface area (Å²) in [6.45, 7) is 3.97. The van der Waals surface area contributed by atoms with E-state index in [1.807, 2.05) is 13.8 Å². The molecule has 2 aromatic rings. The van der Waals surface area contributed by atoms with Crippen LogP contribution in [0.25, 0.3) is 0 Å². The SMILES string of the molecule is COc1ccc2c(c1)C(=O)CCN2S(=O)(=O)c1ccc(C)c(C)c1. The van der Waals surface area contributed by atoms with Gasteiger partial charge in [0, 0.05) is 18.5 Å². The lowest BCUT2D eigenvalue weighted by Gasteiger charge is -2.30. The number of ketones is 1. The molecule has 0 saturated heterocycles. The number of fused-ring (bicyclic) bond motifs is 1. The predicted molar refractivity (Wildman–Crippen MR) is 92.4 cm³/mol. The summed E-state index contributed by atoms with van der Waals surface area (Å²) >= 11 is 0. The third-order valence-electron chi connectivity index (χ3n) is 4.38. The van der Waals surface area contributed by atoms with Crippen molar-refractivity contribution in [1.82, 2.24) is 0 Å². The third kappa shape index (κ3) is 2.67. The molecule has 3 rings (SSSR count). The summed E-state index contributed by atoms with van der Waals surface area (Å²) < 4.78 is 32.6. The van der Waals surface area contributed by atoms with Crippen LogP contribution in [0.4, 0.5) is 5.69 Å². The molecule has 0 radical (unpaired) electrons. The fourth-order valence-corrected chi connectivity index (χ4v) is 4.36. The molecule has 24 heavy (non-hydrogen) atoms. The van der Waals surface area contributed by atoms with Gasteiger partial charge in [-0.2, -0.15) is 0 Å². The fourth-order valence-electron chi connectivity index (χ4n) is 2.79. The van der Waals surface area contributed by atoms with Crippen LogP contribution in [0.3, 0.4) is 0 Å². The summed E-state index contributed by atoms with van der Waals surface area (Å²) in [6.07, 6.45) is 0.157. The first-order chi connectivity index (χ1) is 11.3. The molecule has 0 aromatic heterocycles. The van der Waals surface area contributed by atoms with Gasteiger partial charge in [0.2, 0.25) is 0 Å². The molecule has 0 aliphatic carbocycles. The normalized spacial score (nSPS) is 14.5. The Morgan fingerprint density at radius 2 is 1.79 bits per heavy atom. The summed E-state index contributed by atoms with van der Waals surface area (Å²) in [6, 6.07) is 9.97. The number of carbonyl (C=O) groups excluding carboxylic acids is 1. The van der Waals surface area contributed by atoms with Gasteiger partial charge in [-0.3, -0.25) is 9.10 Å². The summed E-state index contributed by atoms with van der Waals surface area (Å²) in [5.74, 6) is 0.461. The van der Waals surface area contributed by atoms with E-state index in [0.717, 1.165) is 11.1 Å². The van der Waals surface area contributed by atoms with Crippen LogP contribution in [0.1, 0.15) is 27.9 Å². The average Bonchev–Trinajstić information content (AvgIpc) is 2.57. The molecule has 0 amide bonds. The van der Waals surface area contributed by atoms with E-state index in [-0.39, 0.29) is 23.6 Å². The van der Waals surface area contributed by atoms with Crippen LogP contribution in [-0.2, 0) is 10.0 Å². The molecule has 2 aromatic carbocycles. The maximum absolute atomic E-state index is 13.1. The minimum atomic E-state index is -3.72. The third-order valence-corrected chi connectivity index (χ3v) is 6.19. The zero-order valence-corrected chi connectivity index (χ0v) is 14.7. The van der Waals surface area contributed by atoms with E-state index in [4.69, 9.17) is 4.74 Å². The number of sulfonamides is 1. The van der Waals surface area contributed by atoms with Gasteiger partial charge in [0.25, 0.3) is 10.0 Å². The number of benzene rings is 2. The van der Waals surface area contributed by atoms with Crippen LogP contribution >= 0.6 is 0 Å². The molecule has 0 unspecified atom stereocenters. The van der Waals surface area contributed by atoms with Crippen molar-refractivity contribution < 1.29 is 17.9 Å². The van der Waals surface area contributed by atoms with E-state index in [0.29, 0.717) is 17.0 Å². The molecule has 6 heteroatoms. The second-order valence-corrected chi connectivity index (χ2v) is 7.74. The Labute approximate surface area is 141 Å². The molecular weight excluding hydrogens is 326 g/mol. The molecule has 1 aliphatic heterocycles. The molecule has 0 fully saturated rings. The van der Waals surface area contributed by atoms with Crippen LogP contribution in [0.5, 0.6) is 5.75 Å². The second kappa shape index (κ2) is 5.94. The lowest BCUT2D eigenvalue weighted by Crippen LogP contribution is -2.37. The van der Waals surface area contributed by atoms with E-state index in [2.05, 4.69) is 0 Å². The highest BCUT2D eigenvalue weighted by molar-refractivity contribution is 7.92. The van der Waals surface area contributed by atoms with Gasteiger partial charge < -0.3 is 4.74 Å².